The Hall–Kier alpha value is -4.40. The highest BCUT2D eigenvalue weighted by atomic mass is 32.1. The number of thiophene rings is 1. The molecule has 0 saturated carbocycles. The molecule has 0 aliphatic heterocycles. The van der Waals surface area contributed by atoms with E-state index in [1.165, 1.54) is 53.2 Å². The summed E-state index contributed by atoms with van der Waals surface area (Å²) in [5.41, 5.74) is 7.14. The van der Waals surface area contributed by atoms with Crippen molar-refractivity contribution in [2.45, 2.75) is 0 Å². The third-order valence-electron chi connectivity index (χ3n) is 6.83. The Bertz CT molecular complexity index is 1860. The molecule has 7 aromatic rings. The quantitative estimate of drug-likeness (QED) is 0.266. The van der Waals surface area contributed by atoms with Gasteiger partial charge in [0, 0.05) is 31.5 Å². The van der Waals surface area contributed by atoms with E-state index in [0.29, 0.717) is 0 Å². The smallest absolute Gasteiger partial charge is 0.0398 e. The molecule has 0 radical (unpaired) electrons. The van der Waals surface area contributed by atoms with Crippen molar-refractivity contribution >= 4 is 53.7 Å². The fourth-order valence-corrected chi connectivity index (χ4v) is 6.32. The molecule has 7 rings (SSSR count). The van der Waals surface area contributed by atoms with Crippen molar-refractivity contribution in [2.75, 3.05) is 5.32 Å². The van der Waals surface area contributed by atoms with Crippen molar-refractivity contribution in [1.29, 1.82) is 0 Å². The van der Waals surface area contributed by atoms with E-state index in [-0.39, 0.29) is 0 Å². The summed E-state index contributed by atoms with van der Waals surface area (Å²) in [4.78, 5) is 0. The number of anilines is 2. The maximum absolute atomic E-state index is 3.65. The van der Waals surface area contributed by atoms with Crippen LogP contribution in [0, 0.1) is 0 Å². The highest BCUT2D eigenvalue weighted by molar-refractivity contribution is 7.25. The van der Waals surface area contributed by atoms with Crippen LogP contribution in [0.3, 0.4) is 0 Å². The zero-order valence-corrected chi connectivity index (χ0v) is 20.4. The molecule has 1 nitrogen and oxygen atoms in total. The van der Waals surface area contributed by atoms with Crippen molar-refractivity contribution in [3.8, 4) is 22.3 Å². The fourth-order valence-electron chi connectivity index (χ4n) is 5.17. The second-order valence-electron chi connectivity index (χ2n) is 9.09. The average Bonchev–Trinajstić information content (AvgIpc) is 3.31. The molecule has 1 aromatic heterocycles. The largest absolute Gasteiger partial charge is 0.355 e. The summed E-state index contributed by atoms with van der Waals surface area (Å²) in [7, 11) is 0. The molecule has 0 aliphatic rings. The van der Waals surface area contributed by atoms with Crippen LogP contribution < -0.4 is 5.32 Å². The van der Waals surface area contributed by atoms with Gasteiger partial charge in [-0.2, -0.15) is 0 Å². The molecule has 0 amide bonds. The second kappa shape index (κ2) is 8.67. The van der Waals surface area contributed by atoms with E-state index in [2.05, 4.69) is 139 Å². The molecule has 0 bridgehead atoms. The Morgan fingerprint density at radius 1 is 0.444 bits per heavy atom. The molecule has 6 aromatic carbocycles. The monoisotopic (exact) mass is 477 g/mol. The van der Waals surface area contributed by atoms with Gasteiger partial charge in [-0.25, -0.2) is 0 Å². The molecular weight excluding hydrogens is 454 g/mol. The Morgan fingerprint density at radius 2 is 1.11 bits per heavy atom. The molecule has 0 atom stereocenters. The lowest BCUT2D eigenvalue weighted by Crippen LogP contribution is -1.91. The van der Waals surface area contributed by atoms with Crippen molar-refractivity contribution in [3.05, 3.63) is 133 Å². The zero-order valence-electron chi connectivity index (χ0n) is 19.6. The van der Waals surface area contributed by atoms with Gasteiger partial charge in [0.15, 0.2) is 0 Å². The summed E-state index contributed by atoms with van der Waals surface area (Å²) in [5, 5.41) is 8.84. The lowest BCUT2D eigenvalue weighted by molar-refractivity contribution is 1.56. The van der Waals surface area contributed by atoms with Crippen molar-refractivity contribution < 1.29 is 0 Å². The predicted octanol–water partition coefficient (Wildman–Crippen LogP) is 10.3. The first kappa shape index (κ1) is 20.9. The molecule has 0 unspecified atom stereocenters. The first-order chi connectivity index (χ1) is 17.8. The van der Waals surface area contributed by atoms with Crippen LogP contribution in [0.15, 0.2) is 133 Å². The van der Waals surface area contributed by atoms with Crippen LogP contribution in [-0.4, -0.2) is 0 Å². The normalized spacial score (nSPS) is 11.3. The lowest BCUT2D eigenvalue weighted by Gasteiger charge is -2.14. The van der Waals surface area contributed by atoms with Gasteiger partial charge in [0.1, 0.15) is 0 Å². The first-order valence-electron chi connectivity index (χ1n) is 12.2. The van der Waals surface area contributed by atoms with E-state index in [4.69, 9.17) is 0 Å². The van der Waals surface area contributed by atoms with Gasteiger partial charge < -0.3 is 5.32 Å². The van der Waals surface area contributed by atoms with E-state index >= 15 is 0 Å². The van der Waals surface area contributed by atoms with E-state index in [1.807, 2.05) is 11.3 Å². The van der Waals surface area contributed by atoms with Gasteiger partial charge in [0.25, 0.3) is 0 Å². The van der Waals surface area contributed by atoms with Gasteiger partial charge in [-0.05, 0) is 63.4 Å². The summed E-state index contributed by atoms with van der Waals surface area (Å²) in [6, 6.07) is 47.9. The minimum Gasteiger partial charge on any atom is -0.355 e. The van der Waals surface area contributed by atoms with Crippen molar-refractivity contribution in [2.24, 2.45) is 0 Å². The SMILES string of the molecule is c1ccc(-c2cccc3cccc(-c4cccc(Nc5ccc6c(c5)sc5ccccc56)c4)c23)cc1. The number of benzene rings is 6. The van der Waals surface area contributed by atoms with Gasteiger partial charge in [-0.1, -0.05) is 103 Å². The Morgan fingerprint density at radius 3 is 1.97 bits per heavy atom. The maximum atomic E-state index is 3.65. The Balaban J connectivity index is 1.30. The first-order valence-corrected chi connectivity index (χ1v) is 13.0. The molecule has 0 fully saturated rings. The van der Waals surface area contributed by atoms with E-state index < -0.39 is 0 Å². The molecule has 1 N–H and O–H groups in total. The van der Waals surface area contributed by atoms with E-state index in [0.717, 1.165) is 11.4 Å². The molecule has 170 valence electrons. The highest BCUT2D eigenvalue weighted by Crippen LogP contribution is 2.38. The van der Waals surface area contributed by atoms with Gasteiger partial charge in [0.05, 0.1) is 0 Å². The third-order valence-corrected chi connectivity index (χ3v) is 7.96. The van der Waals surface area contributed by atoms with Crippen molar-refractivity contribution in [3.63, 3.8) is 0 Å². The Labute approximate surface area is 214 Å². The number of rotatable bonds is 4. The van der Waals surface area contributed by atoms with Gasteiger partial charge in [-0.15, -0.1) is 11.3 Å². The molecule has 1 heterocycles. The molecular formula is C34H23NS. The lowest BCUT2D eigenvalue weighted by atomic mass is 9.91. The topological polar surface area (TPSA) is 12.0 Å². The molecule has 0 spiro atoms. The van der Waals surface area contributed by atoms with Crippen LogP contribution in [0.2, 0.25) is 0 Å². The fraction of sp³-hybridized carbons (Fsp3) is 0. The standard InChI is InChI=1S/C34H23NS/c1-2-9-23(10-3-1)28-16-7-11-24-12-8-17-29(34(24)28)25-13-6-14-26(21-25)35-27-19-20-31-30-15-4-5-18-32(30)36-33(31)22-27/h1-22,35H. The minimum absolute atomic E-state index is 1.09. The number of hydrogen-bond acceptors (Lipinski definition) is 2. The van der Waals surface area contributed by atoms with Crippen LogP contribution in [0.5, 0.6) is 0 Å². The van der Waals surface area contributed by atoms with Gasteiger partial charge >= 0.3 is 0 Å². The third kappa shape index (κ3) is 3.64. The van der Waals surface area contributed by atoms with Crippen LogP contribution in [0.1, 0.15) is 0 Å². The van der Waals surface area contributed by atoms with Crippen LogP contribution >= 0.6 is 11.3 Å². The second-order valence-corrected chi connectivity index (χ2v) is 10.2. The van der Waals surface area contributed by atoms with E-state index in [1.54, 1.807) is 0 Å². The number of hydrogen-bond donors (Lipinski definition) is 1. The number of fused-ring (bicyclic) bond motifs is 4. The summed E-state index contributed by atoms with van der Waals surface area (Å²) in [6.07, 6.45) is 0. The summed E-state index contributed by atoms with van der Waals surface area (Å²) in [6.45, 7) is 0. The predicted molar refractivity (Wildman–Crippen MR) is 157 cm³/mol. The maximum Gasteiger partial charge on any atom is 0.0398 e. The summed E-state index contributed by atoms with van der Waals surface area (Å²) >= 11 is 1.85. The average molecular weight is 478 g/mol. The highest BCUT2D eigenvalue weighted by Gasteiger charge is 2.11. The zero-order chi connectivity index (χ0) is 23.9. The van der Waals surface area contributed by atoms with Crippen LogP contribution in [0.4, 0.5) is 11.4 Å². The summed E-state index contributed by atoms with van der Waals surface area (Å²) in [5.74, 6) is 0. The van der Waals surface area contributed by atoms with Crippen LogP contribution in [0.25, 0.3) is 53.2 Å². The van der Waals surface area contributed by atoms with Gasteiger partial charge in [0.2, 0.25) is 0 Å². The minimum atomic E-state index is 1.09. The number of nitrogens with one attached hydrogen (secondary N) is 1. The summed E-state index contributed by atoms with van der Waals surface area (Å²) < 4.78 is 2.63. The van der Waals surface area contributed by atoms with Gasteiger partial charge in [-0.3, -0.25) is 0 Å². The molecule has 0 aliphatic carbocycles. The van der Waals surface area contributed by atoms with Crippen LogP contribution in [-0.2, 0) is 0 Å². The molecule has 0 saturated heterocycles. The molecule has 36 heavy (non-hydrogen) atoms. The molecule has 2 heteroatoms. The van der Waals surface area contributed by atoms with Crippen molar-refractivity contribution in [1.82, 2.24) is 0 Å². The Kier molecular flexibility index (Phi) is 5.04. The van der Waals surface area contributed by atoms with E-state index in [9.17, 15) is 0 Å².